The zero-order valence-electron chi connectivity index (χ0n) is 14.3. The highest BCUT2D eigenvalue weighted by Crippen LogP contribution is 2.18. The van der Waals surface area contributed by atoms with Gasteiger partial charge in [-0.3, -0.25) is 9.48 Å². The summed E-state index contributed by atoms with van der Waals surface area (Å²) in [4.78, 5) is 12.1. The predicted octanol–water partition coefficient (Wildman–Crippen LogP) is 3.97. The van der Waals surface area contributed by atoms with Crippen LogP contribution in [0.2, 0.25) is 5.15 Å². The molecule has 0 aliphatic heterocycles. The van der Waals surface area contributed by atoms with Crippen LogP contribution < -0.4 is 5.43 Å². The maximum atomic E-state index is 12.1. The molecule has 1 heterocycles. The molecule has 0 radical (unpaired) electrons. The van der Waals surface area contributed by atoms with Crippen molar-refractivity contribution in [2.45, 2.75) is 46.6 Å². The third kappa shape index (κ3) is 4.45. The number of hydrazone groups is 1. The summed E-state index contributed by atoms with van der Waals surface area (Å²) in [7, 11) is 0. The van der Waals surface area contributed by atoms with E-state index < -0.39 is 0 Å². The van der Waals surface area contributed by atoms with Gasteiger partial charge in [-0.2, -0.15) is 10.2 Å². The highest BCUT2D eigenvalue weighted by Gasteiger charge is 2.11. The van der Waals surface area contributed by atoms with Gasteiger partial charge in [0.25, 0.3) is 5.91 Å². The molecule has 0 aliphatic rings. The molecule has 6 heteroatoms. The molecule has 0 fully saturated rings. The Morgan fingerprint density at radius 2 is 2.04 bits per heavy atom. The molecule has 128 valence electrons. The first-order valence-electron chi connectivity index (χ1n) is 8.22. The van der Waals surface area contributed by atoms with E-state index in [1.807, 2.05) is 19.1 Å². The Labute approximate surface area is 147 Å². The summed E-state index contributed by atoms with van der Waals surface area (Å²) < 4.78 is 1.77. The minimum Gasteiger partial charge on any atom is -0.267 e. The lowest BCUT2D eigenvalue weighted by molar-refractivity contribution is 0.0955. The SMILES string of the molecule is CCCCn1nc(C)c(/C=N\NC(=O)c2ccc(CC)cc2)c1Cl. The van der Waals surface area contributed by atoms with Gasteiger partial charge in [0.1, 0.15) is 5.15 Å². The van der Waals surface area contributed by atoms with Crippen LogP contribution >= 0.6 is 11.6 Å². The molecule has 1 aromatic heterocycles. The van der Waals surface area contributed by atoms with Gasteiger partial charge in [-0.15, -0.1) is 0 Å². The monoisotopic (exact) mass is 346 g/mol. The van der Waals surface area contributed by atoms with E-state index in [0.29, 0.717) is 10.7 Å². The topological polar surface area (TPSA) is 59.3 Å². The van der Waals surface area contributed by atoms with Gasteiger partial charge in [-0.1, -0.05) is 44.0 Å². The Bertz CT molecular complexity index is 719. The van der Waals surface area contributed by atoms with Gasteiger partial charge in [-0.25, -0.2) is 5.43 Å². The van der Waals surface area contributed by atoms with E-state index in [2.05, 4.69) is 29.5 Å². The molecule has 1 aromatic carbocycles. The molecule has 24 heavy (non-hydrogen) atoms. The zero-order valence-corrected chi connectivity index (χ0v) is 15.1. The normalized spacial score (nSPS) is 11.2. The van der Waals surface area contributed by atoms with Crippen LogP contribution in [-0.2, 0) is 13.0 Å². The lowest BCUT2D eigenvalue weighted by atomic mass is 10.1. The van der Waals surface area contributed by atoms with Gasteiger partial charge < -0.3 is 0 Å². The van der Waals surface area contributed by atoms with Gasteiger partial charge in [-0.05, 0) is 37.5 Å². The van der Waals surface area contributed by atoms with Crippen molar-refractivity contribution in [3.63, 3.8) is 0 Å². The van der Waals surface area contributed by atoms with E-state index in [-0.39, 0.29) is 5.91 Å². The van der Waals surface area contributed by atoms with E-state index in [4.69, 9.17) is 11.6 Å². The minimum absolute atomic E-state index is 0.249. The third-order valence-electron chi connectivity index (χ3n) is 3.82. The van der Waals surface area contributed by atoms with Gasteiger partial charge in [0.05, 0.1) is 17.5 Å². The summed E-state index contributed by atoms with van der Waals surface area (Å²) in [6.07, 6.45) is 4.58. The van der Waals surface area contributed by atoms with Crippen LogP contribution in [-0.4, -0.2) is 21.9 Å². The van der Waals surface area contributed by atoms with Crippen LogP contribution in [0.4, 0.5) is 0 Å². The molecule has 1 N–H and O–H groups in total. The molecule has 2 aromatic rings. The fraction of sp³-hybridized carbons (Fsp3) is 0.389. The first-order valence-corrected chi connectivity index (χ1v) is 8.59. The summed E-state index contributed by atoms with van der Waals surface area (Å²) >= 11 is 6.33. The molecule has 0 saturated heterocycles. The fourth-order valence-electron chi connectivity index (χ4n) is 2.28. The van der Waals surface area contributed by atoms with Crippen molar-refractivity contribution in [2.24, 2.45) is 5.10 Å². The molecule has 5 nitrogen and oxygen atoms in total. The molecule has 0 bridgehead atoms. The summed E-state index contributed by atoms with van der Waals surface area (Å²) in [5.41, 5.74) is 5.82. The average Bonchev–Trinajstić information content (AvgIpc) is 2.87. The van der Waals surface area contributed by atoms with E-state index >= 15 is 0 Å². The van der Waals surface area contributed by atoms with Crippen LogP contribution in [0.25, 0.3) is 0 Å². The number of nitrogens with zero attached hydrogens (tertiary/aromatic N) is 3. The Morgan fingerprint density at radius 3 is 2.67 bits per heavy atom. The van der Waals surface area contributed by atoms with Crippen molar-refractivity contribution in [3.05, 3.63) is 51.8 Å². The molecule has 0 spiro atoms. The molecule has 0 atom stereocenters. The van der Waals surface area contributed by atoms with E-state index in [9.17, 15) is 4.79 Å². The number of carbonyl (C=O) groups excluding carboxylic acids is 1. The number of benzene rings is 1. The minimum atomic E-state index is -0.249. The lowest BCUT2D eigenvalue weighted by Gasteiger charge is -2.02. The summed E-state index contributed by atoms with van der Waals surface area (Å²) in [6.45, 7) is 6.85. The Balaban J connectivity index is 2.02. The number of aromatic nitrogens is 2. The maximum absolute atomic E-state index is 12.1. The second-order valence-electron chi connectivity index (χ2n) is 5.62. The summed E-state index contributed by atoms with van der Waals surface area (Å²) in [5.74, 6) is -0.249. The van der Waals surface area contributed by atoms with Gasteiger partial charge in [0.2, 0.25) is 0 Å². The summed E-state index contributed by atoms with van der Waals surface area (Å²) in [5, 5.41) is 8.96. The van der Waals surface area contributed by atoms with E-state index in [1.165, 1.54) is 5.56 Å². The van der Waals surface area contributed by atoms with Crippen molar-refractivity contribution < 1.29 is 4.79 Å². The second-order valence-corrected chi connectivity index (χ2v) is 5.97. The van der Waals surface area contributed by atoms with Crippen LogP contribution in [0, 0.1) is 6.92 Å². The highest BCUT2D eigenvalue weighted by atomic mass is 35.5. The lowest BCUT2D eigenvalue weighted by Crippen LogP contribution is -2.17. The van der Waals surface area contributed by atoms with Gasteiger partial charge >= 0.3 is 0 Å². The number of amides is 1. The third-order valence-corrected chi connectivity index (χ3v) is 4.22. The van der Waals surface area contributed by atoms with E-state index in [1.54, 1.807) is 23.0 Å². The average molecular weight is 347 g/mol. The highest BCUT2D eigenvalue weighted by molar-refractivity contribution is 6.32. The zero-order chi connectivity index (χ0) is 17.5. The van der Waals surface area contributed by atoms with Crippen molar-refractivity contribution >= 4 is 23.7 Å². The fourth-order valence-corrected chi connectivity index (χ4v) is 2.59. The van der Waals surface area contributed by atoms with Crippen LogP contribution in [0.3, 0.4) is 0 Å². The Hall–Kier alpha value is -2.14. The molecule has 0 unspecified atom stereocenters. The van der Waals surface area contributed by atoms with Crippen LogP contribution in [0.5, 0.6) is 0 Å². The number of halogens is 1. The first kappa shape index (κ1) is 18.2. The first-order chi connectivity index (χ1) is 11.6. The molecule has 1 amide bonds. The largest absolute Gasteiger partial charge is 0.271 e. The van der Waals surface area contributed by atoms with Gasteiger partial charge in [0, 0.05) is 12.1 Å². The number of aryl methyl sites for hydroxylation is 3. The number of hydrogen-bond acceptors (Lipinski definition) is 3. The number of rotatable bonds is 7. The van der Waals surface area contributed by atoms with E-state index in [0.717, 1.165) is 37.1 Å². The van der Waals surface area contributed by atoms with Crippen molar-refractivity contribution in [1.82, 2.24) is 15.2 Å². The molecular formula is C18H23ClN4O. The van der Waals surface area contributed by atoms with Crippen LogP contribution in [0.1, 0.15) is 53.9 Å². The van der Waals surface area contributed by atoms with Gasteiger partial charge in [0.15, 0.2) is 0 Å². The number of carbonyl (C=O) groups is 1. The number of unbranched alkanes of at least 4 members (excludes halogenated alkanes) is 1. The summed E-state index contributed by atoms with van der Waals surface area (Å²) in [6, 6.07) is 7.48. The number of nitrogens with one attached hydrogen (secondary N) is 1. The van der Waals surface area contributed by atoms with Crippen molar-refractivity contribution in [2.75, 3.05) is 0 Å². The van der Waals surface area contributed by atoms with Crippen LogP contribution in [0.15, 0.2) is 29.4 Å². The Morgan fingerprint density at radius 1 is 1.33 bits per heavy atom. The van der Waals surface area contributed by atoms with Crippen molar-refractivity contribution in [1.29, 1.82) is 0 Å². The second kappa shape index (κ2) is 8.64. The van der Waals surface area contributed by atoms with Crippen molar-refractivity contribution in [3.8, 4) is 0 Å². The molecule has 0 aliphatic carbocycles. The predicted molar refractivity (Wildman–Crippen MR) is 97.8 cm³/mol. The smallest absolute Gasteiger partial charge is 0.267 e. The molecule has 2 rings (SSSR count). The molecule has 0 saturated carbocycles. The molecular weight excluding hydrogens is 324 g/mol. The maximum Gasteiger partial charge on any atom is 0.271 e. The number of hydrogen-bond donors (Lipinski definition) is 1. The standard InChI is InChI=1S/C18H23ClN4O/c1-4-6-11-23-17(19)16(13(3)22-23)12-20-21-18(24)15-9-7-14(5-2)8-10-15/h7-10,12H,4-6,11H2,1-3H3,(H,21,24)/b20-12-. The quantitative estimate of drug-likeness (QED) is 0.609. The Kier molecular flexibility index (Phi) is 6.55.